The maximum atomic E-state index is 12.4. The van der Waals surface area contributed by atoms with Gasteiger partial charge in [0.2, 0.25) is 0 Å². The number of rotatable bonds is 2. The molecule has 1 aromatic rings. The molecular formula is C14H19ClN2O2. The maximum Gasteiger partial charge on any atom is 0.257 e. The third-order valence-corrected chi connectivity index (χ3v) is 3.84. The van der Waals surface area contributed by atoms with Crippen LogP contribution in [0.5, 0.6) is 5.75 Å². The van der Waals surface area contributed by atoms with Crippen molar-refractivity contribution in [2.24, 2.45) is 0 Å². The number of hydrogen-bond donors (Lipinski definition) is 2. The number of hydrogen-bond acceptors (Lipinski definition) is 3. The smallest absolute Gasteiger partial charge is 0.257 e. The molecule has 5 heteroatoms. The van der Waals surface area contributed by atoms with E-state index in [1.807, 2.05) is 0 Å². The minimum absolute atomic E-state index is 0.0592. The van der Waals surface area contributed by atoms with Crippen molar-refractivity contribution in [2.45, 2.75) is 25.3 Å². The fraction of sp³-hybridized carbons (Fsp3) is 0.500. The summed E-state index contributed by atoms with van der Waals surface area (Å²) in [4.78, 5) is 14.1. The van der Waals surface area contributed by atoms with E-state index in [9.17, 15) is 9.90 Å². The van der Waals surface area contributed by atoms with Gasteiger partial charge in [-0.15, -0.1) is 0 Å². The first kappa shape index (κ1) is 14.2. The molecule has 0 aromatic heterocycles. The highest BCUT2D eigenvalue weighted by atomic mass is 35.5. The Hall–Kier alpha value is -1.26. The first-order valence-electron chi connectivity index (χ1n) is 6.56. The Morgan fingerprint density at radius 1 is 1.42 bits per heavy atom. The van der Waals surface area contributed by atoms with Crippen molar-refractivity contribution in [1.82, 2.24) is 10.2 Å². The largest absolute Gasteiger partial charge is 0.507 e. The van der Waals surface area contributed by atoms with Crippen LogP contribution in [-0.2, 0) is 0 Å². The van der Waals surface area contributed by atoms with Gasteiger partial charge in [0.25, 0.3) is 5.91 Å². The van der Waals surface area contributed by atoms with E-state index in [0.29, 0.717) is 10.6 Å². The van der Waals surface area contributed by atoms with Crippen LogP contribution in [0.15, 0.2) is 18.2 Å². The van der Waals surface area contributed by atoms with Gasteiger partial charge < -0.3 is 15.3 Å². The second-order valence-electron chi connectivity index (χ2n) is 4.91. The van der Waals surface area contributed by atoms with Crippen LogP contribution < -0.4 is 5.32 Å². The second kappa shape index (κ2) is 6.26. The van der Waals surface area contributed by atoms with E-state index in [1.54, 1.807) is 24.1 Å². The molecule has 1 atom stereocenters. The van der Waals surface area contributed by atoms with Gasteiger partial charge in [0.15, 0.2) is 0 Å². The topological polar surface area (TPSA) is 52.6 Å². The first-order valence-corrected chi connectivity index (χ1v) is 6.94. The van der Waals surface area contributed by atoms with E-state index in [4.69, 9.17) is 11.6 Å². The number of phenols is 1. The van der Waals surface area contributed by atoms with Gasteiger partial charge in [0.1, 0.15) is 5.75 Å². The van der Waals surface area contributed by atoms with Crippen LogP contribution in [0.2, 0.25) is 5.02 Å². The first-order chi connectivity index (χ1) is 9.09. The van der Waals surface area contributed by atoms with Gasteiger partial charge in [0.05, 0.1) is 5.56 Å². The lowest BCUT2D eigenvalue weighted by Gasteiger charge is -2.27. The molecule has 0 bridgehead atoms. The molecule has 4 nitrogen and oxygen atoms in total. The second-order valence-corrected chi connectivity index (χ2v) is 5.35. The number of amides is 1. The summed E-state index contributed by atoms with van der Waals surface area (Å²) in [7, 11) is 1.80. The zero-order valence-electron chi connectivity index (χ0n) is 11.0. The fourth-order valence-corrected chi connectivity index (χ4v) is 2.60. The van der Waals surface area contributed by atoms with E-state index in [2.05, 4.69) is 5.32 Å². The van der Waals surface area contributed by atoms with Crippen molar-refractivity contribution >= 4 is 17.5 Å². The van der Waals surface area contributed by atoms with Crippen LogP contribution in [0, 0.1) is 0 Å². The van der Waals surface area contributed by atoms with Crippen molar-refractivity contribution in [3.05, 3.63) is 28.8 Å². The molecule has 2 rings (SSSR count). The van der Waals surface area contributed by atoms with Crippen LogP contribution in [0.4, 0.5) is 0 Å². The Morgan fingerprint density at radius 3 is 2.95 bits per heavy atom. The molecule has 19 heavy (non-hydrogen) atoms. The lowest BCUT2D eigenvalue weighted by molar-refractivity contribution is 0.0717. The molecule has 1 unspecified atom stereocenters. The van der Waals surface area contributed by atoms with E-state index >= 15 is 0 Å². The van der Waals surface area contributed by atoms with Gasteiger partial charge >= 0.3 is 0 Å². The van der Waals surface area contributed by atoms with Gasteiger partial charge in [-0.1, -0.05) is 11.6 Å². The molecule has 1 aliphatic heterocycles. The third-order valence-electron chi connectivity index (χ3n) is 3.60. The van der Waals surface area contributed by atoms with Crippen LogP contribution in [0.3, 0.4) is 0 Å². The number of benzene rings is 1. The number of nitrogens with zero attached hydrogens (tertiary/aromatic N) is 1. The van der Waals surface area contributed by atoms with Crippen LogP contribution in [-0.4, -0.2) is 42.1 Å². The maximum absolute atomic E-state index is 12.4. The van der Waals surface area contributed by atoms with Crippen LogP contribution in [0.1, 0.15) is 29.6 Å². The molecule has 1 heterocycles. The number of nitrogens with one attached hydrogen (secondary N) is 1. The zero-order valence-corrected chi connectivity index (χ0v) is 11.8. The molecule has 0 aliphatic carbocycles. The molecule has 0 spiro atoms. The highest BCUT2D eigenvalue weighted by molar-refractivity contribution is 6.30. The summed E-state index contributed by atoms with van der Waals surface area (Å²) in [6.45, 7) is 1.93. The molecule has 1 saturated heterocycles. The Kier molecular flexibility index (Phi) is 4.66. The van der Waals surface area contributed by atoms with Gasteiger partial charge in [0, 0.05) is 18.1 Å². The van der Waals surface area contributed by atoms with Crippen molar-refractivity contribution < 1.29 is 9.90 Å². The molecule has 0 radical (unpaired) electrons. The molecule has 0 saturated carbocycles. The summed E-state index contributed by atoms with van der Waals surface area (Å²) in [5, 5.41) is 13.6. The van der Waals surface area contributed by atoms with Crippen molar-refractivity contribution in [3.8, 4) is 5.75 Å². The lowest BCUT2D eigenvalue weighted by atomic mass is 10.1. The molecule has 2 N–H and O–H groups in total. The number of aromatic hydroxyl groups is 1. The van der Waals surface area contributed by atoms with Crippen molar-refractivity contribution in [1.29, 1.82) is 0 Å². The number of halogens is 1. The van der Waals surface area contributed by atoms with Crippen LogP contribution in [0.25, 0.3) is 0 Å². The SMILES string of the molecule is CN(C(=O)c1ccc(Cl)cc1O)C1CCCNCC1. The number of phenolic OH excluding ortho intramolecular Hbond substituents is 1. The normalized spacial score (nSPS) is 19.8. The quantitative estimate of drug-likeness (QED) is 0.875. The standard InChI is InChI=1S/C14H19ClN2O2/c1-17(11-3-2-7-16-8-6-11)14(19)12-5-4-10(15)9-13(12)18/h4-5,9,11,16,18H,2-3,6-8H2,1H3. The van der Waals surface area contributed by atoms with Crippen molar-refractivity contribution in [3.63, 3.8) is 0 Å². The van der Waals surface area contributed by atoms with E-state index in [1.165, 1.54) is 6.07 Å². The van der Waals surface area contributed by atoms with Gasteiger partial charge in [-0.25, -0.2) is 0 Å². The summed E-state index contributed by atoms with van der Waals surface area (Å²) in [5.41, 5.74) is 0.309. The molecular weight excluding hydrogens is 264 g/mol. The number of carbonyl (C=O) groups excluding carboxylic acids is 1. The predicted octanol–water partition coefficient (Wildman–Crippen LogP) is 2.26. The summed E-state index contributed by atoms with van der Waals surface area (Å²) < 4.78 is 0. The van der Waals surface area contributed by atoms with Gasteiger partial charge in [-0.05, 0) is 50.6 Å². The average molecular weight is 283 g/mol. The summed E-state index contributed by atoms with van der Waals surface area (Å²) in [5.74, 6) is -0.211. The highest BCUT2D eigenvalue weighted by Crippen LogP contribution is 2.24. The van der Waals surface area contributed by atoms with Gasteiger partial charge in [-0.2, -0.15) is 0 Å². The summed E-state index contributed by atoms with van der Waals surface area (Å²) in [6, 6.07) is 4.82. The van der Waals surface area contributed by atoms with Gasteiger partial charge in [-0.3, -0.25) is 4.79 Å². The molecule has 1 aliphatic rings. The lowest BCUT2D eigenvalue weighted by Crippen LogP contribution is -2.37. The molecule has 104 valence electrons. The monoisotopic (exact) mass is 282 g/mol. The molecule has 1 amide bonds. The Bertz CT molecular complexity index is 457. The summed E-state index contributed by atoms with van der Waals surface area (Å²) >= 11 is 5.78. The zero-order chi connectivity index (χ0) is 13.8. The minimum atomic E-state index is -0.152. The number of carbonyl (C=O) groups is 1. The predicted molar refractivity (Wildman–Crippen MR) is 75.7 cm³/mol. The van der Waals surface area contributed by atoms with Crippen LogP contribution >= 0.6 is 11.6 Å². The fourth-order valence-electron chi connectivity index (χ4n) is 2.43. The van der Waals surface area contributed by atoms with E-state index in [0.717, 1.165) is 32.4 Å². The minimum Gasteiger partial charge on any atom is -0.507 e. The van der Waals surface area contributed by atoms with E-state index in [-0.39, 0.29) is 17.7 Å². The van der Waals surface area contributed by atoms with Crippen molar-refractivity contribution in [2.75, 3.05) is 20.1 Å². The highest BCUT2D eigenvalue weighted by Gasteiger charge is 2.23. The Morgan fingerprint density at radius 2 is 2.21 bits per heavy atom. The average Bonchev–Trinajstić information content (AvgIpc) is 2.66. The molecule has 1 fully saturated rings. The third kappa shape index (κ3) is 3.39. The van der Waals surface area contributed by atoms with E-state index < -0.39 is 0 Å². The molecule has 1 aromatic carbocycles. The Labute approximate surface area is 118 Å². The Balaban J connectivity index is 2.13. The summed E-state index contributed by atoms with van der Waals surface area (Å²) in [6.07, 6.45) is 3.00.